The van der Waals surface area contributed by atoms with Crippen LogP contribution in [0.15, 0.2) is 29.3 Å². The monoisotopic (exact) mass is 496 g/mol. The summed E-state index contributed by atoms with van der Waals surface area (Å²) < 4.78 is 0. The van der Waals surface area contributed by atoms with Gasteiger partial charge in [-0.15, -0.1) is 24.0 Å². The van der Waals surface area contributed by atoms with E-state index in [1.165, 1.54) is 24.0 Å². The van der Waals surface area contributed by atoms with Crippen molar-refractivity contribution in [2.75, 3.05) is 32.7 Å². The maximum absolute atomic E-state index is 11.8. The van der Waals surface area contributed by atoms with Crippen molar-refractivity contribution in [1.82, 2.24) is 15.5 Å². The first-order valence-corrected chi connectivity index (χ1v) is 10.4. The number of rotatable bonds is 4. The second-order valence-corrected chi connectivity index (χ2v) is 8.74. The van der Waals surface area contributed by atoms with Crippen molar-refractivity contribution in [3.05, 3.63) is 35.4 Å². The van der Waals surface area contributed by atoms with Crippen LogP contribution in [-0.4, -0.2) is 49.5 Å². The fourth-order valence-corrected chi connectivity index (χ4v) is 4.91. The van der Waals surface area contributed by atoms with Crippen LogP contribution in [0.4, 0.5) is 0 Å². The van der Waals surface area contributed by atoms with Crippen molar-refractivity contribution >= 4 is 35.8 Å². The summed E-state index contributed by atoms with van der Waals surface area (Å²) >= 11 is 0. The largest absolute Gasteiger partial charge is 0.357 e. The van der Waals surface area contributed by atoms with E-state index in [9.17, 15) is 4.79 Å². The van der Waals surface area contributed by atoms with E-state index in [1.54, 1.807) is 0 Å². The number of carbonyl (C=O) groups excluding carboxylic acids is 1. The number of aryl methyl sites for hydroxylation is 1. The van der Waals surface area contributed by atoms with Gasteiger partial charge in [-0.1, -0.05) is 24.3 Å². The van der Waals surface area contributed by atoms with Crippen LogP contribution in [0.2, 0.25) is 0 Å². The summed E-state index contributed by atoms with van der Waals surface area (Å²) in [6.07, 6.45) is 5.37. The average molecular weight is 496 g/mol. The highest BCUT2D eigenvalue weighted by Crippen LogP contribution is 2.49. The summed E-state index contributed by atoms with van der Waals surface area (Å²) in [6.45, 7) is 8.83. The van der Waals surface area contributed by atoms with Crippen LogP contribution in [0.1, 0.15) is 50.2 Å². The first-order chi connectivity index (χ1) is 13.1. The molecule has 2 heterocycles. The number of benzene rings is 1. The number of halogens is 1. The van der Waals surface area contributed by atoms with Crippen LogP contribution in [0, 0.1) is 12.3 Å². The van der Waals surface area contributed by atoms with Crippen LogP contribution in [0.25, 0.3) is 0 Å². The molecule has 1 spiro atoms. The summed E-state index contributed by atoms with van der Waals surface area (Å²) in [4.78, 5) is 19.3. The minimum atomic E-state index is 0. The summed E-state index contributed by atoms with van der Waals surface area (Å²) in [5.41, 5.74) is 3.16. The fourth-order valence-electron chi connectivity index (χ4n) is 4.91. The van der Waals surface area contributed by atoms with Gasteiger partial charge in [0.15, 0.2) is 5.96 Å². The lowest BCUT2D eigenvalue weighted by molar-refractivity contribution is -0.119. The highest BCUT2D eigenvalue weighted by Gasteiger charge is 2.46. The zero-order valence-corrected chi connectivity index (χ0v) is 19.4. The number of nitrogens with zero attached hydrogens (tertiary/aromatic N) is 2. The minimum Gasteiger partial charge on any atom is -0.357 e. The van der Waals surface area contributed by atoms with Gasteiger partial charge in [0.25, 0.3) is 0 Å². The van der Waals surface area contributed by atoms with E-state index in [1.807, 2.05) is 0 Å². The molecule has 4 rings (SSSR count). The van der Waals surface area contributed by atoms with E-state index >= 15 is 0 Å². The molecule has 28 heavy (non-hydrogen) atoms. The third kappa shape index (κ3) is 4.31. The molecule has 2 aliphatic heterocycles. The van der Waals surface area contributed by atoms with Crippen molar-refractivity contribution in [1.29, 1.82) is 0 Å². The van der Waals surface area contributed by atoms with Crippen molar-refractivity contribution in [2.45, 2.75) is 51.4 Å². The Morgan fingerprint density at radius 1 is 1.29 bits per heavy atom. The Balaban J connectivity index is 0.00000225. The molecule has 3 fully saturated rings. The molecule has 1 saturated carbocycles. The third-order valence-electron chi connectivity index (χ3n) is 6.59. The molecule has 1 aliphatic carbocycles. The summed E-state index contributed by atoms with van der Waals surface area (Å²) in [7, 11) is 0. The summed E-state index contributed by atoms with van der Waals surface area (Å²) in [5.74, 6) is 1.23. The first kappa shape index (κ1) is 21.4. The number of carbonyl (C=O) groups is 1. The van der Waals surface area contributed by atoms with Crippen LogP contribution < -0.4 is 10.6 Å². The maximum atomic E-state index is 11.8. The van der Waals surface area contributed by atoms with Crippen LogP contribution >= 0.6 is 24.0 Å². The first-order valence-electron chi connectivity index (χ1n) is 10.4. The van der Waals surface area contributed by atoms with Crippen molar-refractivity contribution in [3.63, 3.8) is 0 Å². The normalized spacial score (nSPS) is 26.0. The van der Waals surface area contributed by atoms with E-state index in [4.69, 9.17) is 4.99 Å². The molecule has 1 atom stereocenters. The zero-order chi connectivity index (χ0) is 18.9. The highest BCUT2D eigenvalue weighted by molar-refractivity contribution is 14.0. The third-order valence-corrected chi connectivity index (χ3v) is 6.59. The SMILES string of the molecule is CCNC(=NCC1(c2ccccc2C)CC1)N1CCCC2(CNC(=O)C2)C1.I. The Bertz CT molecular complexity index is 746. The predicted molar refractivity (Wildman–Crippen MR) is 124 cm³/mol. The minimum absolute atomic E-state index is 0. The number of piperidine rings is 1. The quantitative estimate of drug-likeness (QED) is 0.383. The lowest BCUT2D eigenvalue weighted by Gasteiger charge is -2.41. The van der Waals surface area contributed by atoms with Gasteiger partial charge in [0.2, 0.25) is 5.91 Å². The van der Waals surface area contributed by atoms with Crippen molar-refractivity contribution in [3.8, 4) is 0 Å². The molecule has 0 aromatic heterocycles. The molecule has 1 aromatic rings. The van der Waals surface area contributed by atoms with Crippen molar-refractivity contribution in [2.24, 2.45) is 10.4 Å². The number of guanidine groups is 1. The smallest absolute Gasteiger partial charge is 0.220 e. The van der Waals surface area contributed by atoms with Crippen molar-refractivity contribution < 1.29 is 4.79 Å². The number of amides is 1. The average Bonchev–Trinajstić information content (AvgIpc) is 3.37. The Morgan fingerprint density at radius 2 is 2.07 bits per heavy atom. The number of nitrogens with one attached hydrogen (secondary N) is 2. The van der Waals surface area contributed by atoms with Gasteiger partial charge in [-0.3, -0.25) is 9.79 Å². The van der Waals surface area contributed by atoms with Crippen LogP contribution in [0.3, 0.4) is 0 Å². The zero-order valence-electron chi connectivity index (χ0n) is 17.1. The highest BCUT2D eigenvalue weighted by atomic mass is 127. The molecule has 2 saturated heterocycles. The molecule has 3 aliphatic rings. The Hall–Kier alpha value is -1.31. The van der Waals surface area contributed by atoms with Gasteiger partial charge in [0, 0.05) is 43.4 Å². The van der Waals surface area contributed by atoms with Gasteiger partial charge in [0.05, 0.1) is 6.54 Å². The van der Waals surface area contributed by atoms with Gasteiger partial charge in [-0.2, -0.15) is 0 Å². The van der Waals surface area contributed by atoms with E-state index in [-0.39, 0.29) is 40.7 Å². The molecule has 1 unspecified atom stereocenters. The number of hydrogen-bond donors (Lipinski definition) is 2. The second kappa shape index (κ2) is 8.59. The Morgan fingerprint density at radius 3 is 2.71 bits per heavy atom. The standard InChI is InChI=1S/C22H32N4O.HI/c1-3-23-20(26-12-6-9-21(16-26)13-19(27)24-14-21)25-15-22(10-11-22)18-8-5-4-7-17(18)2;/h4-5,7-8H,3,6,9-16H2,1-2H3,(H,23,25)(H,24,27);1H. The summed E-state index contributed by atoms with van der Waals surface area (Å²) in [5, 5.41) is 6.55. The van der Waals surface area contributed by atoms with Gasteiger partial charge in [-0.25, -0.2) is 0 Å². The Kier molecular flexibility index (Phi) is 6.57. The van der Waals surface area contributed by atoms with Gasteiger partial charge in [-0.05, 0) is 50.7 Å². The fraction of sp³-hybridized carbons (Fsp3) is 0.636. The van der Waals surface area contributed by atoms with Gasteiger partial charge >= 0.3 is 0 Å². The number of aliphatic imine (C=N–C) groups is 1. The molecule has 5 nitrogen and oxygen atoms in total. The lowest BCUT2D eigenvalue weighted by atomic mass is 9.79. The van der Waals surface area contributed by atoms with E-state index in [0.717, 1.165) is 51.5 Å². The molecular formula is C22H33IN4O. The maximum Gasteiger partial charge on any atom is 0.220 e. The van der Waals surface area contributed by atoms with E-state index < -0.39 is 0 Å². The lowest BCUT2D eigenvalue weighted by Crippen LogP contribution is -2.51. The molecule has 1 aromatic carbocycles. The molecule has 154 valence electrons. The predicted octanol–water partition coefficient (Wildman–Crippen LogP) is 3.21. The molecule has 0 radical (unpaired) electrons. The second-order valence-electron chi connectivity index (χ2n) is 8.74. The van der Waals surface area contributed by atoms with Crippen LogP contribution in [-0.2, 0) is 10.2 Å². The molecule has 1 amide bonds. The van der Waals surface area contributed by atoms with Gasteiger partial charge in [0.1, 0.15) is 0 Å². The molecular weight excluding hydrogens is 463 g/mol. The molecule has 0 bridgehead atoms. The van der Waals surface area contributed by atoms with E-state index in [2.05, 4.69) is 53.6 Å². The van der Waals surface area contributed by atoms with Gasteiger partial charge < -0.3 is 15.5 Å². The topological polar surface area (TPSA) is 56.7 Å². The molecule has 2 N–H and O–H groups in total. The molecule has 6 heteroatoms. The Labute approximate surface area is 185 Å². The van der Waals surface area contributed by atoms with E-state index in [0.29, 0.717) is 6.42 Å². The van der Waals surface area contributed by atoms with Crippen LogP contribution in [0.5, 0.6) is 0 Å². The summed E-state index contributed by atoms with van der Waals surface area (Å²) in [6, 6.07) is 8.75. The number of hydrogen-bond acceptors (Lipinski definition) is 2. The number of likely N-dealkylation sites (tertiary alicyclic amines) is 1.